The number of sulfonamides is 1. The number of hydrogen-bond acceptors (Lipinski definition) is 3. The summed E-state index contributed by atoms with van der Waals surface area (Å²) in [4.78, 5) is 1.00. The highest BCUT2D eigenvalue weighted by atomic mass is 79.9. The predicted molar refractivity (Wildman–Crippen MR) is 71.8 cm³/mol. The van der Waals surface area contributed by atoms with Crippen LogP contribution in [0.2, 0.25) is 0 Å². The maximum absolute atomic E-state index is 11.9. The first-order valence-electron chi connectivity index (χ1n) is 4.89. The lowest BCUT2D eigenvalue weighted by Crippen LogP contribution is -2.34. The molecule has 6 heteroatoms. The predicted octanol–water partition coefficient (Wildman–Crippen LogP) is 2.76. The molecule has 0 aliphatic heterocycles. The maximum atomic E-state index is 11.9. The SMILES string of the molecule is Cc1ccc(S(=O)(=O)NCC(C)(C)CBr)s1. The van der Waals surface area contributed by atoms with E-state index in [1.54, 1.807) is 6.07 Å². The van der Waals surface area contributed by atoms with Crippen molar-refractivity contribution < 1.29 is 8.42 Å². The minimum Gasteiger partial charge on any atom is -0.210 e. The Bertz CT molecular complexity index is 451. The molecule has 0 aliphatic carbocycles. The minimum absolute atomic E-state index is 0.0840. The van der Waals surface area contributed by atoms with E-state index < -0.39 is 10.0 Å². The van der Waals surface area contributed by atoms with E-state index in [0.29, 0.717) is 10.8 Å². The summed E-state index contributed by atoms with van der Waals surface area (Å²) in [7, 11) is -3.34. The molecule has 0 atom stereocenters. The molecule has 1 aromatic heterocycles. The Hall–Kier alpha value is 0.0900. The first-order valence-corrected chi connectivity index (χ1v) is 8.31. The van der Waals surface area contributed by atoms with Gasteiger partial charge in [0.25, 0.3) is 0 Å². The average molecular weight is 326 g/mol. The summed E-state index contributed by atoms with van der Waals surface area (Å²) in [6, 6.07) is 3.46. The van der Waals surface area contributed by atoms with Gasteiger partial charge >= 0.3 is 0 Å². The van der Waals surface area contributed by atoms with E-state index in [4.69, 9.17) is 0 Å². The highest BCUT2D eigenvalue weighted by Gasteiger charge is 2.22. The molecular formula is C10H16BrNO2S2. The molecule has 0 saturated heterocycles. The van der Waals surface area contributed by atoms with Crippen LogP contribution >= 0.6 is 27.3 Å². The molecule has 0 aromatic carbocycles. The highest BCUT2D eigenvalue weighted by molar-refractivity contribution is 9.09. The largest absolute Gasteiger partial charge is 0.250 e. The van der Waals surface area contributed by atoms with Crippen LogP contribution < -0.4 is 4.72 Å². The van der Waals surface area contributed by atoms with Gasteiger partial charge in [-0.15, -0.1) is 11.3 Å². The topological polar surface area (TPSA) is 46.2 Å². The molecular weight excluding hydrogens is 310 g/mol. The molecule has 0 saturated carbocycles. The van der Waals surface area contributed by atoms with Gasteiger partial charge in [0.2, 0.25) is 10.0 Å². The molecule has 1 N–H and O–H groups in total. The Labute approximate surface area is 109 Å². The third-order valence-corrected chi connectivity index (χ3v) is 6.49. The molecule has 0 bridgehead atoms. The monoisotopic (exact) mass is 325 g/mol. The Morgan fingerprint density at radius 2 is 2.06 bits per heavy atom. The van der Waals surface area contributed by atoms with E-state index >= 15 is 0 Å². The Kier molecular flexibility index (Phi) is 4.57. The van der Waals surface area contributed by atoms with E-state index in [1.807, 2.05) is 26.8 Å². The molecule has 92 valence electrons. The lowest BCUT2D eigenvalue weighted by Gasteiger charge is -2.21. The van der Waals surface area contributed by atoms with Gasteiger partial charge in [-0.25, -0.2) is 13.1 Å². The fourth-order valence-corrected chi connectivity index (χ4v) is 3.73. The van der Waals surface area contributed by atoms with Crippen molar-refractivity contribution in [1.29, 1.82) is 0 Å². The summed E-state index contributed by atoms with van der Waals surface area (Å²) in [6.07, 6.45) is 0. The quantitative estimate of drug-likeness (QED) is 0.846. The molecule has 0 amide bonds. The van der Waals surface area contributed by atoms with Crippen molar-refractivity contribution in [2.24, 2.45) is 5.41 Å². The van der Waals surface area contributed by atoms with Crippen LogP contribution in [0.4, 0.5) is 0 Å². The van der Waals surface area contributed by atoms with Crippen molar-refractivity contribution in [2.75, 3.05) is 11.9 Å². The number of nitrogens with one attached hydrogen (secondary N) is 1. The normalized spacial score (nSPS) is 13.0. The zero-order valence-corrected chi connectivity index (χ0v) is 12.8. The van der Waals surface area contributed by atoms with Gasteiger partial charge in [-0.3, -0.25) is 0 Å². The summed E-state index contributed by atoms with van der Waals surface area (Å²) in [5.41, 5.74) is -0.0840. The fourth-order valence-electron chi connectivity index (χ4n) is 0.965. The second kappa shape index (κ2) is 5.16. The van der Waals surface area contributed by atoms with Crippen LogP contribution in [0.15, 0.2) is 16.3 Å². The number of thiophene rings is 1. The van der Waals surface area contributed by atoms with Crippen LogP contribution in [-0.4, -0.2) is 20.3 Å². The molecule has 0 fully saturated rings. The molecule has 0 spiro atoms. The summed E-state index contributed by atoms with van der Waals surface area (Å²) < 4.78 is 26.8. The molecule has 1 heterocycles. The molecule has 1 aromatic rings. The second-order valence-electron chi connectivity index (χ2n) is 4.49. The average Bonchev–Trinajstić information content (AvgIpc) is 2.63. The minimum atomic E-state index is -3.34. The second-order valence-corrected chi connectivity index (χ2v) is 8.33. The van der Waals surface area contributed by atoms with Crippen molar-refractivity contribution >= 4 is 37.3 Å². The van der Waals surface area contributed by atoms with Crippen LogP contribution in [0.25, 0.3) is 0 Å². The van der Waals surface area contributed by atoms with Gasteiger partial charge in [0.1, 0.15) is 4.21 Å². The van der Waals surface area contributed by atoms with Crippen LogP contribution in [0.1, 0.15) is 18.7 Å². The van der Waals surface area contributed by atoms with E-state index in [1.165, 1.54) is 11.3 Å². The van der Waals surface area contributed by atoms with Crippen molar-refractivity contribution in [3.8, 4) is 0 Å². The number of aryl methyl sites for hydroxylation is 1. The van der Waals surface area contributed by atoms with Crippen LogP contribution in [0.3, 0.4) is 0 Å². The van der Waals surface area contributed by atoms with Crippen molar-refractivity contribution in [2.45, 2.75) is 25.0 Å². The van der Waals surface area contributed by atoms with Crippen LogP contribution in [0, 0.1) is 12.3 Å². The van der Waals surface area contributed by atoms with E-state index in [-0.39, 0.29) is 5.41 Å². The van der Waals surface area contributed by atoms with Crippen molar-refractivity contribution in [1.82, 2.24) is 4.72 Å². The Morgan fingerprint density at radius 1 is 1.44 bits per heavy atom. The van der Waals surface area contributed by atoms with Gasteiger partial charge < -0.3 is 0 Å². The molecule has 0 radical (unpaired) electrons. The van der Waals surface area contributed by atoms with E-state index in [9.17, 15) is 8.42 Å². The summed E-state index contributed by atoms with van der Waals surface area (Å²) in [5, 5.41) is 0.756. The Morgan fingerprint density at radius 3 is 2.50 bits per heavy atom. The highest BCUT2D eigenvalue weighted by Crippen LogP contribution is 2.22. The van der Waals surface area contributed by atoms with Gasteiger partial charge in [0, 0.05) is 16.8 Å². The van der Waals surface area contributed by atoms with Crippen LogP contribution in [-0.2, 0) is 10.0 Å². The number of rotatable bonds is 5. The first kappa shape index (κ1) is 14.2. The maximum Gasteiger partial charge on any atom is 0.250 e. The zero-order chi connectivity index (χ0) is 12.4. The molecule has 3 nitrogen and oxygen atoms in total. The van der Waals surface area contributed by atoms with Crippen molar-refractivity contribution in [3.05, 3.63) is 17.0 Å². The zero-order valence-electron chi connectivity index (χ0n) is 9.58. The van der Waals surface area contributed by atoms with Crippen LogP contribution in [0.5, 0.6) is 0 Å². The van der Waals surface area contributed by atoms with Gasteiger partial charge in [-0.05, 0) is 24.5 Å². The van der Waals surface area contributed by atoms with Gasteiger partial charge in [0.05, 0.1) is 0 Å². The third-order valence-electron chi connectivity index (χ3n) is 2.08. The third kappa shape index (κ3) is 3.84. The van der Waals surface area contributed by atoms with Gasteiger partial charge in [-0.2, -0.15) is 0 Å². The fraction of sp³-hybridized carbons (Fsp3) is 0.600. The smallest absolute Gasteiger partial charge is 0.210 e. The lowest BCUT2D eigenvalue weighted by molar-refractivity contribution is 0.420. The van der Waals surface area contributed by atoms with Gasteiger partial charge in [-0.1, -0.05) is 29.8 Å². The summed E-state index contributed by atoms with van der Waals surface area (Å²) >= 11 is 4.66. The summed E-state index contributed by atoms with van der Waals surface area (Å²) in [5.74, 6) is 0. The van der Waals surface area contributed by atoms with Gasteiger partial charge in [0.15, 0.2) is 0 Å². The number of halogens is 1. The number of alkyl halides is 1. The lowest BCUT2D eigenvalue weighted by atomic mass is 9.98. The van der Waals surface area contributed by atoms with Crippen molar-refractivity contribution in [3.63, 3.8) is 0 Å². The molecule has 0 unspecified atom stereocenters. The van der Waals surface area contributed by atoms with E-state index in [2.05, 4.69) is 20.7 Å². The molecule has 16 heavy (non-hydrogen) atoms. The summed E-state index contributed by atoms with van der Waals surface area (Å²) in [6.45, 7) is 6.33. The van der Waals surface area contributed by atoms with E-state index in [0.717, 1.165) is 10.2 Å². The number of hydrogen-bond donors (Lipinski definition) is 1. The molecule has 1 rings (SSSR count). The Balaban J connectivity index is 2.74. The standard InChI is InChI=1S/C10H16BrNO2S2/c1-8-4-5-9(15-8)16(13,14)12-7-10(2,3)6-11/h4-5,12H,6-7H2,1-3H3. The molecule has 0 aliphatic rings. The first-order chi connectivity index (χ1) is 7.27.